The van der Waals surface area contributed by atoms with E-state index in [-0.39, 0.29) is 42.3 Å². The fourth-order valence-corrected chi connectivity index (χ4v) is 6.34. The van der Waals surface area contributed by atoms with E-state index in [1.807, 2.05) is 6.92 Å². The highest BCUT2D eigenvalue weighted by molar-refractivity contribution is 5.92. The van der Waals surface area contributed by atoms with Crippen molar-refractivity contribution >= 4 is 28.9 Å². The molecule has 3 aliphatic rings. The number of halogens is 2. The third-order valence-electron chi connectivity index (χ3n) is 8.95. The maximum absolute atomic E-state index is 15.9. The van der Waals surface area contributed by atoms with Gasteiger partial charge in [0.1, 0.15) is 30.0 Å². The van der Waals surface area contributed by atoms with Crippen LogP contribution in [0.3, 0.4) is 0 Å². The van der Waals surface area contributed by atoms with Crippen molar-refractivity contribution < 1.29 is 37.4 Å². The highest BCUT2D eigenvalue weighted by Gasteiger charge is 2.51. The molecule has 1 aromatic heterocycles. The standard InChI is InChI=1S/C31H41F2N5O6/c1-6-19-23-15-38(25(19)27(39)34-4)29(40)24(16(2)3)37-30(41)44-22-13-17(22)9-7-8-12-31(32,33)26-28(43-23)36-21-14-18(42-5)10-11-20(21)35-26/h10-11,14,16-17,19,22-25H,6-9,12-13,15H2,1-5H3,(H,34,39)(H,37,41)/t17-,19-,22-,23+,24+,25+/m1/s1. The summed E-state index contributed by atoms with van der Waals surface area (Å²) >= 11 is 0. The summed E-state index contributed by atoms with van der Waals surface area (Å²) < 4.78 is 49.0. The lowest BCUT2D eigenvalue weighted by Crippen LogP contribution is -2.56. The Kier molecular flexibility index (Phi) is 9.12. The highest BCUT2D eigenvalue weighted by atomic mass is 19.3. The number of carbonyl (C=O) groups is 3. The van der Waals surface area contributed by atoms with Gasteiger partial charge < -0.3 is 29.7 Å². The Hall–Kier alpha value is -3.77. The van der Waals surface area contributed by atoms with Crippen LogP contribution in [0.4, 0.5) is 13.6 Å². The Labute approximate surface area is 255 Å². The van der Waals surface area contributed by atoms with Crippen LogP contribution in [-0.4, -0.2) is 77.8 Å². The number of carbonyl (C=O) groups excluding carboxylic acids is 3. The van der Waals surface area contributed by atoms with E-state index in [4.69, 9.17) is 14.2 Å². The molecule has 2 bridgehead atoms. The molecule has 2 fully saturated rings. The predicted octanol–water partition coefficient (Wildman–Crippen LogP) is 4.17. The lowest BCUT2D eigenvalue weighted by Gasteiger charge is -2.31. The molecule has 5 rings (SSSR count). The zero-order valence-corrected chi connectivity index (χ0v) is 25.8. The highest BCUT2D eigenvalue weighted by Crippen LogP contribution is 2.42. The summed E-state index contributed by atoms with van der Waals surface area (Å²) in [6.45, 7) is 5.34. The van der Waals surface area contributed by atoms with Crippen molar-refractivity contribution in [2.75, 3.05) is 20.7 Å². The van der Waals surface area contributed by atoms with Crippen molar-refractivity contribution in [2.24, 2.45) is 17.8 Å². The molecule has 11 nitrogen and oxygen atoms in total. The lowest BCUT2D eigenvalue weighted by atomic mass is 9.94. The van der Waals surface area contributed by atoms with E-state index in [9.17, 15) is 14.4 Å². The maximum Gasteiger partial charge on any atom is 0.408 e. The van der Waals surface area contributed by atoms with Crippen molar-refractivity contribution in [3.63, 3.8) is 0 Å². The Morgan fingerprint density at radius 1 is 1.18 bits per heavy atom. The number of amides is 3. The van der Waals surface area contributed by atoms with Gasteiger partial charge in [0.15, 0.2) is 5.69 Å². The van der Waals surface area contributed by atoms with Crippen LogP contribution in [0.5, 0.6) is 11.6 Å². The van der Waals surface area contributed by atoms with Crippen molar-refractivity contribution in [1.82, 2.24) is 25.5 Å². The van der Waals surface area contributed by atoms with E-state index in [1.54, 1.807) is 32.0 Å². The molecule has 0 radical (unpaired) electrons. The number of fused-ring (bicyclic) bond motifs is 5. The first-order chi connectivity index (χ1) is 21.0. The molecular formula is C31H41F2N5O6. The molecule has 1 saturated carbocycles. The van der Waals surface area contributed by atoms with Crippen LogP contribution < -0.4 is 20.1 Å². The van der Waals surface area contributed by atoms with E-state index in [2.05, 4.69) is 20.6 Å². The van der Waals surface area contributed by atoms with E-state index < -0.39 is 60.1 Å². The molecule has 13 heteroatoms. The largest absolute Gasteiger partial charge is 0.497 e. The summed E-state index contributed by atoms with van der Waals surface area (Å²) in [5, 5.41) is 5.34. The second-order valence-corrected chi connectivity index (χ2v) is 12.3. The van der Waals surface area contributed by atoms with Gasteiger partial charge in [-0.3, -0.25) is 9.59 Å². The van der Waals surface area contributed by atoms with E-state index >= 15 is 8.78 Å². The van der Waals surface area contributed by atoms with Gasteiger partial charge in [-0.25, -0.2) is 14.8 Å². The monoisotopic (exact) mass is 617 g/mol. The van der Waals surface area contributed by atoms with Crippen LogP contribution in [0.15, 0.2) is 18.2 Å². The average Bonchev–Trinajstić information content (AvgIpc) is 3.63. The zero-order valence-electron chi connectivity index (χ0n) is 25.8. The third kappa shape index (κ3) is 6.37. The van der Waals surface area contributed by atoms with Crippen LogP contribution in [0.25, 0.3) is 11.0 Å². The second kappa shape index (κ2) is 12.7. The molecule has 1 saturated heterocycles. The van der Waals surface area contributed by atoms with Gasteiger partial charge in [0.2, 0.25) is 17.7 Å². The van der Waals surface area contributed by atoms with Crippen LogP contribution in [0.1, 0.15) is 65.0 Å². The van der Waals surface area contributed by atoms with Crippen LogP contribution >= 0.6 is 0 Å². The molecule has 1 aliphatic carbocycles. The number of alkyl carbamates (subject to hydrolysis) is 1. The van der Waals surface area contributed by atoms with Crippen LogP contribution in [0.2, 0.25) is 0 Å². The smallest absolute Gasteiger partial charge is 0.408 e. The number of alkyl halides is 2. The lowest BCUT2D eigenvalue weighted by molar-refractivity contribution is -0.141. The Balaban J connectivity index is 1.59. The van der Waals surface area contributed by atoms with Gasteiger partial charge in [0, 0.05) is 25.5 Å². The number of likely N-dealkylation sites (N-methyl/N-ethyl adjacent to an activating group) is 1. The van der Waals surface area contributed by atoms with Crippen molar-refractivity contribution in [1.29, 1.82) is 0 Å². The number of rotatable bonds is 4. The molecule has 6 atom stereocenters. The quantitative estimate of drug-likeness (QED) is 0.523. The van der Waals surface area contributed by atoms with Gasteiger partial charge in [-0.2, -0.15) is 8.78 Å². The van der Waals surface area contributed by atoms with Crippen molar-refractivity contribution in [2.45, 2.75) is 89.5 Å². The Morgan fingerprint density at radius 3 is 2.64 bits per heavy atom. The second-order valence-electron chi connectivity index (χ2n) is 12.3. The molecule has 240 valence electrons. The van der Waals surface area contributed by atoms with Gasteiger partial charge in [0.05, 0.1) is 24.7 Å². The third-order valence-corrected chi connectivity index (χ3v) is 8.95. The number of methoxy groups -OCH3 is 1. The van der Waals surface area contributed by atoms with E-state index in [1.165, 1.54) is 19.1 Å². The predicted molar refractivity (Wildman–Crippen MR) is 156 cm³/mol. The molecule has 0 unspecified atom stereocenters. The summed E-state index contributed by atoms with van der Waals surface area (Å²) in [4.78, 5) is 50.3. The van der Waals surface area contributed by atoms with E-state index in [0.717, 1.165) is 0 Å². The molecule has 2 aliphatic heterocycles. The Morgan fingerprint density at radius 2 is 1.95 bits per heavy atom. The average molecular weight is 618 g/mol. The SMILES string of the molecule is CC[C@@H]1[C@@H]2CN(C(=O)[C@H](C(C)C)NC(=O)O[C@@H]3C[C@H]3CCCCC(F)(F)c3nc4ccc(OC)cc4nc3O2)[C@@H]1C(=O)NC. The molecule has 1 aromatic carbocycles. The first-order valence-electron chi connectivity index (χ1n) is 15.4. The van der Waals surface area contributed by atoms with Crippen LogP contribution in [-0.2, 0) is 20.2 Å². The first kappa shape index (κ1) is 31.6. The fraction of sp³-hybridized carbons (Fsp3) is 0.645. The normalized spacial score (nSPS) is 29.0. The Bertz CT molecular complexity index is 1410. The molecule has 44 heavy (non-hydrogen) atoms. The van der Waals surface area contributed by atoms with Gasteiger partial charge in [-0.05, 0) is 49.7 Å². The topological polar surface area (TPSA) is 132 Å². The van der Waals surface area contributed by atoms with Crippen molar-refractivity contribution in [3.8, 4) is 11.6 Å². The maximum atomic E-state index is 15.9. The number of nitrogens with one attached hydrogen (secondary N) is 2. The molecule has 2 aromatic rings. The molecule has 0 spiro atoms. The number of nitrogens with zero attached hydrogens (tertiary/aromatic N) is 3. The summed E-state index contributed by atoms with van der Waals surface area (Å²) in [7, 11) is 2.96. The number of hydrogen-bond donors (Lipinski definition) is 2. The number of ether oxygens (including phenoxy) is 3. The summed E-state index contributed by atoms with van der Waals surface area (Å²) in [6.07, 6.45) is 0.0678. The minimum atomic E-state index is -3.36. The summed E-state index contributed by atoms with van der Waals surface area (Å²) in [5.41, 5.74) is -0.000419. The van der Waals surface area contributed by atoms with Crippen LogP contribution in [0, 0.1) is 17.8 Å². The fourth-order valence-electron chi connectivity index (χ4n) is 6.34. The minimum Gasteiger partial charge on any atom is -0.497 e. The number of aromatic nitrogens is 2. The molecule has 3 heterocycles. The van der Waals surface area contributed by atoms with Gasteiger partial charge in [-0.1, -0.05) is 27.2 Å². The molecule has 3 amide bonds. The number of benzene rings is 1. The van der Waals surface area contributed by atoms with E-state index in [0.29, 0.717) is 36.9 Å². The summed E-state index contributed by atoms with van der Waals surface area (Å²) in [5.74, 6) is -4.93. The minimum absolute atomic E-state index is 0.0804. The van der Waals surface area contributed by atoms with Crippen molar-refractivity contribution in [3.05, 3.63) is 23.9 Å². The summed E-state index contributed by atoms with van der Waals surface area (Å²) in [6, 6.07) is 2.85. The van der Waals surface area contributed by atoms with Gasteiger partial charge >= 0.3 is 6.09 Å². The van der Waals surface area contributed by atoms with Gasteiger partial charge in [-0.15, -0.1) is 0 Å². The van der Waals surface area contributed by atoms with Gasteiger partial charge in [0.25, 0.3) is 5.92 Å². The molecular weight excluding hydrogens is 576 g/mol. The zero-order chi connectivity index (χ0) is 31.8. The first-order valence-corrected chi connectivity index (χ1v) is 15.4. The molecule has 2 N–H and O–H groups in total. The number of hydrogen-bond acceptors (Lipinski definition) is 8.